The van der Waals surface area contributed by atoms with Gasteiger partial charge in [0.1, 0.15) is 11.9 Å². The topological polar surface area (TPSA) is 68.4 Å². The number of hydrogen-bond acceptors (Lipinski definition) is 5. The van der Waals surface area contributed by atoms with E-state index in [1.54, 1.807) is 7.11 Å². The van der Waals surface area contributed by atoms with Crippen molar-refractivity contribution in [3.8, 4) is 5.75 Å². The molecular formula is C14H18N2O3. The van der Waals surface area contributed by atoms with Gasteiger partial charge >= 0.3 is 0 Å². The first-order chi connectivity index (χ1) is 9.22. The van der Waals surface area contributed by atoms with E-state index in [4.69, 9.17) is 9.26 Å². The Bertz CT molecular complexity index is 508. The van der Waals surface area contributed by atoms with Gasteiger partial charge in [-0.1, -0.05) is 30.6 Å². The zero-order valence-electron chi connectivity index (χ0n) is 11.2. The summed E-state index contributed by atoms with van der Waals surface area (Å²) >= 11 is 0. The van der Waals surface area contributed by atoms with E-state index in [1.807, 2.05) is 31.2 Å². The van der Waals surface area contributed by atoms with Crippen molar-refractivity contribution in [3.63, 3.8) is 0 Å². The third kappa shape index (κ3) is 3.54. The summed E-state index contributed by atoms with van der Waals surface area (Å²) in [6.07, 6.45) is 1.43. The van der Waals surface area contributed by atoms with Gasteiger partial charge in [-0.15, -0.1) is 0 Å². The fourth-order valence-corrected chi connectivity index (χ4v) is 1.80. The highest BCUT2D eigenvalue weighted by atomic mass is 16.5. The van der Waals surface area contributed by atoms with E-state index in [-0.39, 0.29) is 0 Å². The molecule has 2 rings (SSSR count). The molecule has 5 nitrogen and oxygen atoms in total. The van der Waals surface area contributed by atoms with E-state index in [9.17, 15) is 5.11 Å². The van der Waals surface area contributed by atoms with Crippen LogP contribution in [0.2, 0.25) is 0 Å². The lowest BCUT2D eigenvalue weighted by molar-refractivity contribution is 0.153. The lowest BCUT2D eigenvalue weighted by Crippen LogP contribution is -1.99. The van der Waals surface area contributed by atoms with Crippen LogP contribution in [-0.2, 0) is 6.42 Å². The standard InChI is InChI=1S/C14H18N2O3/c1-3-4-12(17)14-15-13(19-16-14)9-10-5-7-11(18-2)8-6-10/h5-8,12,17H,3-4,9H2,1-2H3. The Kier molecular flexibility index (Phi) is 4.52. The van der Waals surface area contributed by atoms with Crippen molar-refractivity contribution in [2.45, 2.75) is 32.3 Å². The summed E-state index contributed by atoms with van der Waals surface area (Å²) in [4.78, 5) is 4.21. The van der Waals surface area contributed by atoms with Crippen molar-refractivity contribution in [1.82, 2.24) is 10.1 Å². The number of benzene rings is 1. The van der Waals surface area contributed by atoms with E-state index >= 15 is 0 Å². The maximum atomic E-state index is 9.77. The molecule has 1 aromatic carbocycles. The Hall–Kier alpha value is -1.88. The zero-order valence-corrected chi connectivity index (χ0v) is 11.2. The van der Waals surface area contributed by atoms with Crippen LogP contribution in [0.4, 0.5) is 0 Å². The lowest BCUT2D eigenvalue weighted by Gasteiger charge is -2.01. The molecule has 19 heavy (non-hydrogen) atoms. The molecular weight excluding hydrogens is 244 g/mol. The van der Waals surface area contributed by atoms with Gasteiger partial charge in [-0.3, -0.25) is 0 Å². The van der Waals surface area contributed by atoms with Crippen molar-refractivity contribution in [2.24, 2.45) is 0 Å². The Morgan fingerprint density at radius 2 is 2.05 bits per heavy atom. The smallest absolute Gasteiger partial charge is 0.231 e. The number of aromatic nitrogens is 2. The van der Waals surface area contributed by atoms with E-state index in [1.165, 1.54) is 0 Å². The van der Waals surface area contributed by atoms with Crippen LogP contribution in [-0.4, -0.2) is 22.4 Å². The molecule has 0 aliphatic carbocycles. The molecule has 1 unspecified atom stereocenters. The van der Waals surface area contributed by atoms with Crippen LogP contribution in [0.15, 0.2) is 28.8 Å². The maximum absolute atomic E-state index is 9.77. The number of nitrogens with zero attached hydrogens (tertiary/aromatic N) is 2. The van der Waals surface area contributed by atoms with Crippen LogP contribution in [0.5, 0.6) is 5.75 Å². The summed E-state index contributed by atoms with van der Waals surface area (Å²) in [5, 5.41) is 13.6. The van der Waals surface area contributed by atoms with E-state index in [0.29, 0.717) is 24.6 Å². The first-order valence-electron chi connectivity index (χ1n) is 6.36. The predicted molar refractivity (Wildman–Crippen MR) is 70.0 cm³/mol. The molecule has 1 atom stereocenters. The van der Waals surface area contributed by atoms with Crippen molar-refractivity contribution in [1.29, 1.82) is 0 Å². The van der Waals surface area contributed by atoms with Crippen LogP contribution < -0.4 is 4.74 Å². The molecule has 0 radical (unpaired) electrons. The number of aliphatic hydroxyl groups is 1. The minimum atomic E-state index is -0.640. The van der Waals surface area contributed by atoms with Gasteiger partial charge in [-0.05, 0) is 24.1 Å². The average molecular weight is 262 g/mol. The van der Waals surface area contributed by atoms with Crippen LogP contribution >= 0.6 is 0 Å². The van der Waals surface area contributed by atoms with Crippen molar-refractivity contribution in [3.05, 3.63) is 41.5 Å². The van der Waals surface area contributed by atoms with Gasteiger partial charge in [-0.25, -0.2) is 0 Å². The van der Waals surface area contributed by atoms with Gasteiger partial charge in [0, 0.05) is 0 Å². The molecule has 0 fully saturated rings. The first-order valence-corrected chi connectivity index (χ1v) is 6.36. The summed E-state index contributed by atoms with van der Waals surface area (Å²) in [7, 11) is 1.63. The highest BCUT2D eigenvalue weighted by Gasteiger charge is 2.14. The summed E-state index contributed by atoms with van der Waals surface area (Å²) in [5.41, 5.74) is 1.06. The maximum Gasteiger partial charge on any atom is 0.231 e. The predicted octanol–water partition coefficient (Wildman–Crippen LogP) is 2.50. The molecule has 2 aromatic rings. The number of rotatable bonds is 6. The normalized spacial score (nSPS) is 12.4. The molecule has 1 heterocycles. The van der Waals surface area contributed by atoms with Gasteiger partial charge in [0.05, 0.1) is 13.5 Å². The fourth-order valence-electron chi connectivity index (χ4n) is 1.80. The Morgan fingerprint density at radius 3 is 2.68 bits per heavy atom. The second kappa shape index (κ2) is 6.33. The summed E-state index contributed by atoms with van der Waals surface area (Å²) in [6, 6.07) is 7.67. The van der Waals surface area contributed by atoms with E-state index < -0.39 is 6.10 Å². The zero-order chi connectivity index (χ0) is 13.7. The number of hydrogen-bond donors (Lipinski definition) is 1. The summed E-state index contributed by atoms with van der Waals surface area (Å²) in [5.74, 6) is 1.69. The van der Waals surface area contributed by atoms with Crippen LogP contribution in [0, 0.1) is 0 Å². The number of methoxy groups -OCH3 is 1. The fraction of sp³-hybridized carbons (Fsp3) is 0.429. The molecule has 0 spiro atoms. The second-order valence-electron chi connectivity index (χ2n) is 4.38. The average Bonchev–Trinajstić information content (AvgIpc) is 2.88. The molecule has 0 amide bonds. The van der Waals surface area contributed by atoms with Crippen molar-refractivity contribution < 1.29 is 14.4 Å². The van der Waals surface area contributed by atoms with Gasteiger partial charge < -0.3 is 14.4 Å². The van der Waals surface area contributed by atoms with Crippen LogP contribution in [0.1, 0.15) is 43.1 Å². The largest absolute Gasteiger partial charge is 0.497 e. The lowest BCUT2D eigenvalue weighted by atomic mass is 10.1. The van der Waals surface area contributed by atoms with Crippen molar-refractivity contribution in [2.75, 3.05) is 7.11 Å². The van der Waals surface area contributed by atoms with E-state index in [2.05, 4.69) is 10.1 Å². The first kappa shape index (κ1) is 13.5. The molecule has 0 saturated carbocycles. The minimum absolute atomic E-state index is 0.366. The second-order valence-corrected chi connectivity index (χ2v) is 4.38. The molecule has 5 heteroatoms. The van der Waals surface area contributed by atoms with E-state index in [0.717, 1.165) is 17.7 Å². The number of aliphatic hydroxyl groups excluding tert-OH is 1. The number of ether oxygens (including phenoxy) is 1. The monoisotopic (exact) mass is 262 g/mol. The molecule has 0 aliphatic heterocycles. The molecule has 0 bridgehead atoms. The Morgan fingerprint density at radius 1 is 1.32 bits per heavy atom. The molecule has 1 aromatic heterocycles. The quantitative estimate of drug-likeness (QED) is 0.866. The Labute approximate surface area is 112 Å². The highest BCUT2D eigenvalue weighted by molar-refractivity contribution is 5.28. The molecule has 0 saturated heterocycles. The molecule has 0 aliphatic rings. The van der Waals surface area contributed by atoms with Gasteiger partial charge in [0.25, 0.3) is 0 Å². The molecule has 102 valence electrons. The molecule has 1 N–H and O–H groups in total. The van der Waals surface area contributed by atoms with Gasteiger partial charge in [0.15, 0.2) is 5.82 Å². The third-order valence-corrected chi connectivity index (χ3v) is 2.86. The van der Waals surface area contributed by atoms with Crippen LogP contribution in [0.25, 0.3) is 0 Å². The third-order valence-electron chi connectivity index (χ3n) is 2.86. The summed E-state index contributed by atoms with van der Waals surface area (Å²) < 4.78 is 10.2. The highest BCUT2D eigenvalue weighted by Crippen LogP contribution is 2.17. The Balaban J connectivity index is 2.02. The minimum Gasteiger partial charge on any atom is -0.497 e. The van der Waals surface area contributed by atoms with Crippen molar-refractivity contribution >= 4 is 0 Å². The van der Waals surface area contributed by atoms with Crippen LogP contribution in [0.3, 0.4) is 0 Å². The summed E-state index contributed by atoms with van der Waals surface area (Å²) in [6.45, 7) is 2.00. The van der Waals surface area contributed by atoms with Gasteiger partial charge in [0.2, 0.25) is 5.89 Å². The van der Waals surface area contributed by atoms with Gasteiger partial charge in [-0.2, -0.15) is 4.98 Å². The SMILES string of the molecule is CCCC(O)c1noc(Cc2ccc(OC)cc2)n1.